The molecule has 0 atom stereocenters. The van der Waals surface area contributed by atoms with Gasteiger partial charge in [-0.25, -0.2) is 9.78 Å². The molecule has 2 rings (SSSR count). The Morgan fingerprint density at radius 1 is 1.53 bits per heavy atom. The zero-order valence-electron chi connectivity index (χ0n) is 10.3. The summed E-state index contributed by atoms with van der Waals surface area (Å²) in [7, 11) is 0. The second-order valence-corrected chi connectivity index (χ2v) is 4.19. The van der Waals surface area contributed by atoms with Crippen LogP contribution in [-0.4, -0.2) is 22.0 Å². The van der Waals surface area contributed by atoms with Crippen LogP contribution in [0, 0.1) is 0 Å². The number of hydrogen-bond acceptors (Lipinski definition) is 3. The van der Waals surface area contributed by atoms with Gasteiger partial charge in [0, 0.05) is 12.4 Å². The fraction of sp³-hybridized carbons (Fsp3) is 0.385. The number of pyridine rings is 1. The van der Waals surface area contributed by atoms with Gasteiger partial charge in [-0.2, -0.15) is 0 Å². The van der Waals surface area contributed by atoms with E-state index in [1.165, 1.54) is 0 Å². The van der Waals surface area contributed by atoms with Crippen LogP contribution in [0.15, 0.2) is 24.5 Å². The third-order valence-corrected chi connectivity index (χ3v) is 2.59. The Labute approximate surface area is 100 Å². The van der Waals surface area contributed by atoms with Crippen molar-refractivity contribution in [2.75, 3.05) is 6.61 Å². The van der Waals surface area contributed by atoms with E-state index >= 15 is 0 Å². The molecule has 2 heterocycles. The highest BCUT2D eigenvalue weighted by atomic mass is 16.5. The number of carbonyl (C=O) groups is 1. The smallest absolute Gasteiger partial charge is 0.341 e. The Balaban J connectivity index is 2.53. The standard InChI is InChI=1S/C13H16N2O2/c1-4-17-13(16)10-6-5-7-15-8-11(9(2)3)14-12(10)15/h5-9H,4H2,1-3H3. The molecule has 0 bridgehead atoms. The summed E-state index contributed by atoms with van der Waals surface area (Å²) >= 11 is 0. The molecule has 0 aliphatic rings. The van der Waals surface area contributed by atoms with Crippen molar-refractivity contribution < 1.29 is 9.53 Å². The van der Waals surface area contributed by atoms with Crippen LogP contribution in [0.1, 0.15) is 42.7 Å². The minimum atomic E-state index is -0.320. The number of hydrogen-bond donors (Lipinski definition) is 0. The van der Waals surface area contributed by atoms with E-state index in [0.29, 0.717) is 23.7 Å². The lowest BCUT2D eigenvalue weighted by Gasteiger charge is -2.02. The molecule has 0 aliphatic carbocycles. The minimum absolute atomic E-state index is 0.320. The topological polar surface area (TPSA) is 43.6 Å². The molecular formula is C13H16N2O2. The Kier molecular flexibility index (Phi) is 3.13. The van der Waals surface area contributed by atoms with Gasteiger partial charge in [0.15, 0.2) is 5.65 Å². The second kappa shape index (κ2) is 4.57. The van der Waals surface area contributed by atoms with E-state index in [-0.39, 0.29) is 5.97 Å². The van der Waals surface area contributed by atoms with Crippen LogP contribution in [0.25, 0.3) is 5.65 Å². The average Bonchev–Trinajstić information content (AvgIpc) is 2.72. The van der Waals surface area contributed by atoms with Gasteiger partial charge in [0.2, 0.25) is 0 Å². The molecule has 0 unspecified atom stereocenters. The molecule has 0 N–H and O–H groups in total. The molecule has 17 heavy (non-hydrogen) atoms. The molecule has 0 fully saturated rings. The van der Waals surface area contributed by atoms with Crippen molar-refractivity contribution >= 4 is 11.6 Å². The Hall–Kier alpha value is -1.84. The zero-order chi connectivity index (χ0) is 12.4. The molecule has 2 aromatic heterocycles. The maximum Gasteiger partial charge on any atom is 0.341 e. The van der Waals surface area contributed by atoms with Crippen molar-refractivity contribution in [2.45, 2.75) is 26.7 Å². The first-order chi connectivity index (χ1) is 8.13. The molecule has 0 aliphatic heterocycles. The highest BCUT2D eigenvalue weighted by Crippen LogP contribution is 2.17. The number of fused-ring (bicyclic) bond motifs is 1. The first-order valence-electron chi connectivity index (χ1n) is 5.78. The number of aromatic nitrogens is 2. The lowest BCUT2D eigenvalue weighted by molar-refractivity contribution is 0.0528. The Morgan fingerprint density at radius 3 is 2.94 bits per heavy atom. The van der Waals surface area contributed by atoms with Gasteiger partial charge < -0.3 is 9.14 Å². The van der Waals surface area contributed by atoms with E-state index in [1.807, 2.05) is 22.9 Å². The number of carbonyl (C=O) groups excluding carboxylic acids is 1. The molecule has 0 saturated carbocycles. The van der Waals surface area contributed by atoms with Crippen LogP contribution < -0.4 is 0 Å². The van der Waals surface area contributed by atoms with E-state index in [0.717, 1.165) is 5.69 Å². The van der Waals surface area contributed by atoms with E-state index in [2.05, 4.69) is 18.8 Å². The number of imidazole rings is 1. The predicted molar refractivity (Wildman–Crippen MR) is 65.2 cm³/mol. The molecule has 0 saturated heterocycles. The second-order valence-electron chi connectivity index (χ2n) is 4.19. The van der Waals surface area contributed by atoms with Crippen molar-refractivity contribution in [1.29, 1.82) is 0 Å². The molecule has 0 aromatic carbocycles. The average molecular weight is 232 g/mol. The fourth-order valence-corrected chi connectivity index (χ4v) is 1.68. The summed E-state index contributed by atoms with van der Waals surface area (Å²) in [5.41, 5.74) is 2.15. The van der Waals surface area contributed by atoms with Gasteiger partial charge in [-0.1, -0.05) is 13.8 Å². The first-order valence-corrected chi connectivity index (χ1v) is 5.78. The van der Waals surface area contributed by atoms with Gasteiger partial charge in [-0.15, -0.1) is 0 Å². The quantitative estimate of drug-likeness (QED) is 0.764. The van der Waals surface area contributed by atoms with Crippen LogP contribution in [0.4, 0.5) is 0 Å². The van der Waals surface area contributed by atoms with Crippen LogP contribution in [0.2, 0.25) is 0 Å². The van der Waals surface area contributed by atoms with Gasteiger partial charge in [-0.3, -0.25) is 0 Å². The van der Waals surface area contributed by atoms with Gasteiger partial charge in [0.1, 0.15) is 5.56 Å². The molecule has 0 radical (unpaired) electrons. The molecule has 0 spiro atoms. The van der Waals surface area contributed by atoms with Gasteiger partial charge in [0.25, 0.3) is 0 Å². The third kappa shape index (κ3) is 2.16. The molecule has 0 amide bonds. The van der Waals surface area contributed by atoms with Gasteiger partial charge in [0.05, 0.1) is 12.3 Å². The lowest BCUT2D eigenvalue weighted by atomic mass is 10.2. The molecule has 2 aromatic rings. The van der Waals surface area contributed by atoms with Crippen LogP contribution >= 0.6 is 0 Å². The van der Waals surface area contributed by atoms with Gasteiger partial charge >= 0.3 is 5.97 Å². The van der Waals surface area contributed by atoms with Crippen LogP contribution in [0.5, 0.6) is 0 Å². The third-order valence-electron chi connectivity index (χ3n) is 2.59. The SMILES string of the molecule is CCOC(=O)c1cccn2cc(C(C)C)nc12. The molecule has 4 heteroatoms. The maximum absolute atomic E-state index is 11.8. The molecule has 4 nitrogen and oxygen atoms in total. The summed E-state index contributed by atoms with van der Waals surface area (Å²) in [6.07, 6.45) is 3.83. The van der Waals surface area contributed by atoms with E-state index < -0.39 is 0 Å². The largest absolute Gasteiger partial charge is 0.462 e. The summed E-state index contributed by atoms with van der Waals surface area (Å²) in [4.78, 5) is 16.2. The van der Waals surface area contributed by atoms with E-state index in [9.17, 15) is 4.79 Å². The number of nitrogens with zero attached hydrogens (tertiary/aromatic N) is 2. The van der Waals surface area contributed by atoms with Crippen molar-refractivity contribution in [1.82, 2.24) is 9.38 Å². The van der Waals surface area contributed by atoms with Crippen molar-refractivity contribution in [3.05, 3.63) is 35.8 Å². The number of esters is 1. The Bertz CT molecular complexity index is 543. The van der Waals surface area contributed by atoms with Crippen molar-refractivity contribution in [3.63, 3.8) is 0 Å². The monoisotopic (exact) mass is 232 g/mol. The zero-order valence-corrected chi connectivity index (χ0v) is 10.3. The maximum atomic E-state index is 11.8. The summed E-state index contributed by atoms with van der Waals surface area (Å²) in [6.45, 7) is 6.32. The molecular weight excluding hydrogens is 216 g/mol. The van der Waals surface area contributed by atoms with Crippen molar-refractivity contribution in [3.8, 4) is 0 Å². The first kappa shape index (κ1) is 11.6. The minimum Gasteiger partial charge on any atom is -0.462 e. The summed E-state index contributed by atoms with van der Waals surface area (Å²) < 4.78 is 6.88. The van der Waals surface area contributed by atoms with E-state index in [1.54, 1.807) is 13.0 Å². The molecule has 90 valence electrons. The summed E-state index contributed by atoms with van der Waals surface area (Å²) in [5.74, 6) is 0.0175. The normalized spacial score (nSPS) is 11.1. The van der Waals surface area contributed by atoms with Crippen LogP contribution in [-0.2, 0) is 4.74 Å². The highest BCUT2D eigenvalue weighted by Gasteiger charge is 2.14. The Morgan fingerprint density at radius 2 is 2.29 bits per heavy atom. The summed E-state index contributed by atoms with van der Waals surface area (Å²) in [6, 6.07) is 3.56. The fourth-order valence-electron chi connectivity index (χ4n) is 1.68. The highest BCUT2D eigenvalue weighted by molar-refractivity contribution is 5.95. The number of rotatable bonds is 3. The van der Waals surface area contributed by atoms with Crippen LogP contribution in [0.3, 0.4) is 0 Å². The number of ether oxygens (including phenoxy) is 1. The summed E-state index contributed by atoms with van der Waals surface area (Å²) in [5, 5.41) is 0. The van der Waals surface area contributed by atoms with Gasteiger partial charge in [-0.05, 0) is 25.0 Å². The van der Waals surface area contributed by atoms with Crippen molar-refractivity contribution in [2.24, 2.45) is 0 Å². The lowest BCUT2D eigenvalue weighted by Crippen LogP contribution is -2.06. The predicted octanol–water partition coefficient (Wildman–Crippen LogP) is 2.63. The van der Waals surface area contributed by atoms with E-state index in [4.69, 9.17) is 4.74 Å².